The van der Waals surface area contributed by atoms with Crippen LogP contribution in [0.2, 0.25) is 0 Å². The third-order valence-corrected chi connectivity index (χ3v) is 6.10. The topological polar surface area (TPSA) is 79.9 Å². The van der Waals surface area contributed by atoms with Crippen LogP contribution in [-0.2, 0) is 9.59 Å². The van der Waals surface area contributed by atoms with Crippen molar-refractivity contribution >= 4 is 46.6 Å². The highest BCUT2D eigenvalue weighted by atomic mass is 32.1. The van der Waals surface area contributed by atoms with Gasteiger partial charge in [0.1, 0.15) is 5.70 Å². The number of methoxy groups -OCH3 is 1. The molecule has 2 amide bonds. The molecule has 0 unspecified atom stereocenters. The van der Waals surface area contributed by atoms with Crippen molar-refractivity contribution < 1.29 is 19.1 Å². The summed E-state index contributed by atoms with van der Waals surface area (Å²) in [5.41, 5.74) is 5.81. The summed E-state index contributed by atoms with van der Waals surface area (Å²) < 4.78 is 11.1. The number of amides is 2. The SMILES string of the molecule is COc1cc(/C=C2\NC(=S)N(c3ccc(C)c(C)c3)C2=O)ccc1OCC(=O)Nc1ccc(C)cc1. The number of thiocarbonyl (C=S) groups is 1. The van der Waals surface area contributed by atoms with Crippen molar-refractivity contribution in [3.63, 3.8) is 0 Å². The van der Waals surface area contributed by atoms with Gasteiger partial charge in [-0.3, -0.25) is 14.5 Å². The standard InChI is InChI=1S/C28H27N3O4S/c1-17-5-9-21(10-6-17)29-26(32)16-35-24-12-8-20(15-25(24)34-4)14-23-27(33)31(28(36)30-23)22-11-7-18(2)19(3)13-22/h5-15H,16H2,1-4H3,(H,29,32)(H,30,36)/b23-14-. The Bertz CT molecular complexity index is 1370. The Morgan fingerprint density at radius 3 is 2.44 bits per heavy atom. The molecule has 0 saturated carbocycles. The Morgan fingerprint density at radius 1 is 1.00 bits per heavy atom. The zero-order valence-corrected chi connectivity index (χ0v) is 21.4. The van der Waals surface area contributed by atoms with Crippen LogP contribution >= 0.6 is 12.2 Å². The number of nitrogens with zero attached hydrogens (tertiary/aromatic N) is 1. The average molecular weight is 502 g/mol. The van der Waals surface area contributed by atoms with Crippen molar-refractivity contribution in [2.45, 2.75) is 20.8 Å². The van der Waals surface area contributed by atoms with E-state index < -0.39 is 0 Å². The van der Waals surface area contributed by atoms with E-state index in [9.17, 15) is 9.59 Å². The van der Waals surface area contributed by atoms with Crippen molar-refractivity contribution in [2.24, 2.45) is 0 Å². The molecule has 1 aliphatic heterocycles. The van der Waals surface area contributed by atoms with Gasteiger partial charge in [0.25, 0.3) is 11.8 Å². The molecule has 2 N–H and O–H groups in total. The maximum Gasteiger partial charge on any atom is 0.281 e. The fourth-order valence-corrected chi connectivity index (χ4v) is 3.97. The minimum Gasteiger partial charge on any atom is -0.493 e. The molecule has 0 aliphatic carbocycles. The molecular weight excluding hydrogens is 474 g/mol. The number of aryl methyl sites for hydroxylation is 3. The second-order valence-corrected chi connectivity index (χ2v) is 8.90. The summed E-state index contributed by atoms with van der Waals surface area (Å²) in [6.45, 7) is 5.82. The summed E-state index contributed by atoms with van der Waals surface area (Å²) in [4.78, 5) is 26.8. The Morgan fingerprint density at radius 2 is 1.75 bits per heavy atom. The minimum atomic E-state index is -0.284. The van der Waals surface area contributed by atoms with Gasteiger partial charge in [-0.15, -0.1) is 0 Å². The van der Waals surface area contributed by atoms with Crippen LogP contribution in [0.15, 0.2) is 66.4 Å². The van der Waals surface area contributed by atoms with Gasteiger partial charge >= 0.3 is 0 Å². The van der Waals surface area contributed by atoms with E-state index in [4.69, 9.17) is 21.7 Å². The van der Waals surface area contributed by atoms with Crippen LogP contribution in [0.25, 0.3) is 6.08 Å². The zero-order chi connectivity index (χ0) is 25.8. The number of carbonyl (C=O) groups excluding carboxylic acids is 2. The van der Waals surface area contributed by atoms with E-state index in [-0.39, 0.29) is 18.4 Å². The first-order chi connectivity index (χ1) is 17.2. The van der Waals surface area contributed by atoms with Crippen molar-refractivity contribution in [3.8, 4) is 11.5 Å². The van der Waals surface area contributed by atoms with Gasteiger partial charge in [0.2, 0.25) is 0 Å². The minimum absolute atomic E-state index is 0.177. The molecule has 3 aromatic rings. The highest BCUT2D eigenvalue weighted by Gasteiger charge is 2.32. The third kappa shape index (κ3) is 5.55. The molecule has 184 valence electrons. The van der Waals surface area contributed by atoms with E-state index in [0.717, 1.165) is 16.7 Å². The highest BCUT2D eigenvalue weighted by molar-refractivity contribution is 7.80. The Kier molecular flexibility index (Phi) is 7.36. The molecule has 0 aromatic heterocycles. The van der Waals surface area contributed by atoms with Gasteiger partial charge < -0.3 is 20.1 Å². The Labute approximate surface area is 215 Å². The number of anilines is 2. The van der Waals surface area contributed by atoms with E-state index in [2.05, 4.69) is 10.6 Å². The van der Waals surface area contributed by atoms with Crippen LogP contribution in [0.4, 0.5) is 11.4 Å². The lowest BCUT2D eigenvalue weighted by atomic mass is 10.1. The number of carbonyl (C=O) groups is 2. The van der Waals surface area contributed by atoms with Crippen LogP contribution in [0, 0.1) is 20.8 Å². The number of hydrogen-bond donors (Lipinski definition) is 2. The molecule has 1 saturated heterocycles. The van der Waals surface area contributed by atoms with Gasteiger partial charge in [-0.1, -0.05) is 29.8 Å². The second-order valence-electron chi connectivity index (χ2n) is 8.51. The molecule has 1 aliphatic rings. The fraction of sp³-hybridized carbons (Fsp3) is 0.179. The molecule has 0 atom stereocenters. The first-order valence-electron chi connectivity index (χ1n) is 11.4. The quantitative estimate of drug-likeness (QED) is 0.354. The maximum atomic E-state index is 13.1. The fourth-order valence-electron chi connectivity index (χ4n) is 3.67. The number of ether oxygens (including phenoxy) is 2. The van der Waals surface area contributed by atoms with Crippen molar-refractivity contribution in [3.05, 3.63) is 88.6 Å². The lowest BCUT2D eigenvalue weighted by Crippen LogP contribution is -2.30. The molecule has 0 bridgehead atoms. The molecule has 1 fully saturated rings. The molecule has 3 aromatic carbocycles. The predicted octanol–water partition coefficient (Wildman–Crippen LogP) is 4.90. The molecule has 7 nitrogen and oxygen atoms in total. The van der Waals surface area contributed by atoms with Crippen LogP contribution in [0.3, 0.4) is 0 Å². The van der Waals surface area contributed by atoms with E-state index in [0.29, 0.717) is 39.2 Å². The second kappa shape index (κ2) is 10.6. The predicted molar refractivity (Wildman–Crippen MR) is 145 cm³/mol. The Balaban J connectivity index is 1.45. The van der Waals surface area contributed by atoms with E-state index in [1.54, 1.807) is 24.3 Å². The average Bonchev–Trinajstić information content (AvgIpc) is 3.13. The molecule has 8 heteroatoms. The first-order valence-corrected chi connectivity index (χ1v) is 11.8. The number of nitrogens with one attached hydrogen (secondary N) is 2. The van der Waals surface area contributed by atoms with E-state index in [1.165, 1.54) is 12.0 Å². The normalized spacial score (nSPS) is 14.1. The summed E-state index contributed by atoms with van der Waals surface area (Å²) in [6, 6.07) is 18.5. The summed E-state index contributed by atoms with van der Waals surface area (Å²) >= 11 is 5.42. The van der Waals surface area contributed by atoms with E-state index >= 15 is 0 Å². The molecule has 4 rings (SSSR count). The molecule has 0 spiro atoms. The molecular formula is C28H27N3O4S. The summed E-state index contributed by atoms with van der Waals surface area (Å²) in [5.74, 6) is 0.325. The van der Waals surface area contributed by atoms with Gasteiger partial charge in [-0.25, -0.2) is 0 Å². The maximum absolute atomic E-state index is 13.1. The summed E-state index contributed by atoms with van der Waals surface area (Å²) in [6.07, 6.45) is 1.70. The van der Waals surface area contributed by atoms with Crippen molar-refractivity contribution in [2.75, 3.05) is 23.9 Å². The molecule has 1 heterocycles. The van der Waals surface area contributed by atoms with Gasteiger partial charge in [0.05, 0.1) is 12.8 Å². The molecule has 36 heavy (non-hydrogen) atoms. The van der Waals surface area contributed by atoms with Crippen LogP contribution in [0.1, 0.15) is 22.3 Å². The number of benzene rings is 3. The van der Waals surface area contributed by atoms with Crippen molar-refractivity contribution in [1.29, 1.82) is 0 Å². The van der Waals surface area contributed by atoms with Crippen molar-refractivity contribution in [1.82, 2.24) is 5.32 Å². The lowest BCUT2D eigenvalue weighted by molar-refractivity contribution is -0.118. The van der Waals surface area contributed by atoms with E-state index in [1.807, 2.05) is 63.2 Å². The van der Waals surface area contributed by atoms with Crippen LogP contribution < -0.4 is 25.0 Å². The zero-order valence-electron chi connectivity index (χ0n) is 20.5. The monoisotopic (exact) mass is 501 g/mol. The smallest absolute Gasteiger partial charge is 0.281 e. The summed E-state index contributed by atoms with van der Waals surface area (Å²) in [5, 5.41) is 6.11. The van der Waals surface area contributed by atoms with Gasteiger partial charge in [0, 0.05) is 5.69 Å². The first kappa shape index (κ1) is 24.9. The lowest BCUT2D eigenvalue weighted by Gasteiger charge is -2.15. The number of rotatable bonds is 7. The van der Waals surface area contributed by atoms with Crippen LogP contribution in [0.5, 0.6) is 11.5 Å². The molecule has 0 radical (unpaired) electrons. The van der Waals surface area contributed by atoms with Crippen LogP contribution in [-0.4, -0.2) is 30.6 Å². The van der Waals surface area contributed by atoms with Gasteiger partial charge in [0.15, 0.2) is 23.2 Å². The highest BCUT2D eigenvalue weighted by Crippen LogP contribution is 2.30. The van der Waals surface area contributed by atoms with Gasteiger partial charge in [-0.2, -0.15) is 0 Å². The Hall–Kier alpha value is -4.17. The largest absolute Gasteiger partial charge is 0.493 e. The third-order valence-electron chi connectivity index (χ3n) is 5.82. The summed E-state index contributed by atoms with van der Waals surface area (Å²) in [7, 11) is 1.51. The van der Waals surface area contributed by atoms with Gasteiger partial charge in [-0.05, 0) is 92.2 Å². The number of hydrogen-bond acceptors (Lipinski definition) is 5.